The van der Waals surface area contributed by atoms with E-state index in [0.717, 1.165) is 27.7 Å². The number of halogens is 1. The summed E-state index contributed by atoms with van der Waals surface area (Å²) < 4.78 is 6.80. The number of amides is 2. The van der Waals surface area contributed by atoms with Gasteiger partial charge < -0.3 is 20.4 Å². The fourth-order valence-electron chi connectivity index (χ4n) is 3.77. The molecule has 0 fully saturated rings. The highest BCUT2D eigenvalue weighted by Crippen LogP contribution is 2.32. The van der Waals surface area contributed by atoms with Crippen LogP contribution >= 0.6 is 22.9 Å². The maximum Gasteiger partial charge on any atom is 0.328 e. The predicted octanol–water partition coefficient (Wildman–Crippen LogP) is 4.19. The number of hydrogen-bond donors (Lipinski definition) is 2. The molecule has 3 aromatic rings. The topological polar surface area (TPSA) is 116 Å². The molecule has 8 nitrogen and oxygen atoms in total. The third-order valence-corrected chi connectivity index (χ3v) is 6.62. The number of thiazole rings is 1. The summed E-state index contributed by atoms with van der Waals surface area (Å²) in [7, 11) is 1.30. The van der Waals surface area contributed by atoms with Crippen LogP contribution in [0.3, 0.4) is 0 Å². The Balaban J connectivity index is 1.79. The lowest BCUT2D eigenvalue weighted by Gasteiger charge is -2.16. The van der Waals surface area contributed by atoms with Crippen LogP contribution in [0.4, 0.5) is 0 Å². The molecule has 10 heteroatoms. The van der Waals surface area contributed by atoms with Crippen molar-refractivity contribution in [1.82, 2.24) is 14.9 Å². The highest BCUT2D eigenvalue weighted by molar-refractivity contribution is 7.13. The Bertz CT molecular complexity index is 1190. The van der Waals surface area contributed by atoms with Crippen LogP contribution in [-0.2, 0) is 20.9 Å². The Labute approximate surface area is 207 Å². The molecule has 0 aliphatic carbocycles. The van der Waals surface area contributed by atoms with E-state index in [2.05, 4.69) is 5.32 Å². The summed E-state index contributed by atoms with van der Waals surface area (Å²) in [6.45, 7) is 3.81. The number of methoxy groups -OCH3 is 1. The van der Waals surface area contributed by atoms with Gasteiger partial charge in [-0.25, -0.2) is 9.78 Å². The number of primary amides is 1. The summed E-state index contributed by atoms with van der Waals surface area (Å²) in [5.74, 6) is -1.26. The number of nitrogens with zero attached hydrogens (tertiary/aromatic N) is 2. The molecular weight excluding hydrogens is 476 g/mol. The predicted molar refractivity (Wildman–Crippen MR) is 133 cm³/mol. The maximum atomic E-state index is 12.0. The highest BCUT2D eigenvalue weighted by atomic mass is 35.5. The third-order valence-electron chi connectivity index (χ3n) is 5.48. The molecule has 0 saturated heterocycles. The number of aromatic nitrogens is 2. The van der Waals surface area contributed by atoms with Gasteiger partial charge >= 0.3 is 5.97 Å². The minimum absolute atomic E-state index is 0.287. The minimum atomic E-state index is -0.686. The molecule has 1 aromatic carbocycles. The molecule has 2 heterocycles. The first-order valence-electron chi connectivity index (χ1n) is 10.8. The van der Waals surface area contributed by atoms with Gasteiger partial charge in [0.15, 0.2) is 0 Å². The average molecular weight is 503 g/mol. The fourth-order valence-corrected chi connectivity index (χ4v) is 4.71. The number of nitrogens with one attached hydrogen (secondary N) is 1. The van der Waals surface area contributed by atoms with Crippen LogP contribution in [-0.4, -0.2) is 40.5 Å². The van der Waals surface area contributed by atoms with E-state index in [-0.39, 0.29) is 5.91 Å². The monoisotopic (exact) mass is 502 g/mol. The molecule has 0 bridgehead atoms. The van der Waals surface area contributed by atoms with Gasteiger partial charge in [0, 0.05) is 35.1 Å². The van der Waals surface area contributed by atoms with Crippen LogP contribution < -0.4 is 11.1 Å². The lowest BCUT2D eigenvalue weighted by atomic mass is 10.1. The minimum Gasteiger partial charge on any atom is -0.467 e. The molecule has 0 spiro atoms. The highest BCUT2D eigenvalue weighted by Gasteiger charge is 2.21. The molecule has 2 aromatic heterocycles. The summed E-state index contributed by atoms with van der Waals surface area (Å²) in [6, 6.07) is 8.55. The number of benzene rings is 1. The largest absolute Gasteiger partial charge is 0.467 e. The van der Waals surface area contributed by atoms with Gasteiger partial charge in [-0.3, -0.25) is 9.59 Å². The van der Waals surface area contributed by atoms with Crippen molar-refractivity contribution in [3.63, 3.8) is 0 Å². The van der Waals surface area contributed by atoms with Crippen LogP contribution in [0.2, 0.25) is 5.02 Å². The molecule has 3 N–H and O–H groups in total. The summed E-state index contributed by atoms with van der Waals surface area (Å²) >= 11 is 7.49. The van der Waals surface area contributed by atoms with Crippen molar-refractivity contribution >= 4 is 40.7 Å². The molecule has 0 aliphatic heterocycles. The number of unbranched alkanes of at least 4 members (excludes halogenated alkanes) is 1. The van der Waals surface area contributed by atoms with Gasteiger partial charge in [0.25, 0.3) is 5.91 Å². The number of carbonyl (C=O) groups excluding carboxylic acids is 3. The van der Waals surface area contributed by atoms with E-state index in [1.165, 1.54) is 25.4 Å². The second kappa shape index (κ2) is 11.3. The van der Waals surface area contributed by atoms with Crippen LogP contribution in [0.15, 0.2) is 35.7 Å². The smallest absolute Gasteiger partial charge is 0.328 e. The molecular formula is C24H27ClN4O4S. The number of ether oxygens (including phenoxy) is 1. The zero-order valence-electron chi connectivity index (χ0n) is 19.3. The van der Waals surface area contributed by atoms with E-state index < -0.39 is 17.9 Å². The van der Waals surface area contributed by atoms with Crippen molar-refractivity contribution in [2.24, 2.45) is 5.73 Å². The van der Waals surface area contributed by atoms with Crippen molar-refractivity contribution in [3.8, 4) is 22.0 Å². The molecule has 0 aliphatic rings. The van der Waals surface area contributed by atoms with Gasteiger partial charge in [0.2, 0.25) is 5.91 Å². The molecule has 0 radical (unpaired) electrons. The van der Waals surface area contributed by atoms with Gasteiger partial charge in [-0.15, -0.1) is 11.3 Å². The fraction of sp³-hybridized carbons (Fsp3) is 0.333. The van der Waals surface area contributed by atoms with Crippen molar-refractivity contribution in [2.75, 3.05) is 7.11 Å². The first-order chi connectivity index (χ1) is 16.2. The van der Waals surface area contributed by atoms with Gasteiger partial charge in [-0.2, -0.15) is 0 Å². The molecule has 0 saturated carbocycles. The lowest BCUT2D eigenvalue weighted by molar-refractivity contribution is -0.145. The summed E-state index contributed by atoms with van der Waals surface area (Å²) in [6.07, 6.45) is 1.82. The Hall–Kier alpha value is -3.17. The quantitative estimate of drug-likeness (QED) is 0.318. The van der Waals surface area contributed by atoms with Gasteiger partial charge in [-0.1, -0.05) is 23.7 Å². The number of esters is 1. The molecule has 3 rings (SSSR count). The van der Waals surface area contributed by atoms with E-state index in [0.29, 0.717) is 36.4 Å². The average Bonchev–Trinajstić information content (AvgIpc) is 3.40. The van der Waals surface area contributed by atoms with E-state index in [1.807, 2.05) is 41.1 Å². The SMILES string of the molecule is COC(=O)C(CCCCn1c(-c2csc(-c3ccc(Cl)cc3)n2)cc(C(N)=O)c1C)NC(C)=O. The van der Waals surface area contributed by atoms with Crippen molar-refractivity contribution < 1.29 is 19.1 Å². The van der Waals surface area contributed by atoms with E-state index in [4.69, 9.17) is 27.1 Å². The lowest BCUT2D eigenvalue weighted by Crippen LogP contribution is -2.40. The number of carbonyl (C=O) groups is 3. The first-order valence-corrected chi connectivity index (χ1v) is 12.0. The van der Waals surface area contributed by atoms with E-state index >= 15 is 0 Å². The number of rotatable bonds is 10. The van der Waals surface area contributed by atoms with Crippen LogP contribution in [0.5, 0.6) is 0 Å². The van der Waals surface area contributed by atoms with Crippen molar-refractivity contribution in [1.29, 1.82) is 0 Å². The van der Waals surface area contributed by atoms with E-state index in [1.54, 1.807) is 6.07 Å². The van der Waals surface area contributed by atoms with Gasteiger partial charge in [-0.05, 0) is 44.4 Å². The molecule has 1 atom stereocenters. The molecule has 34 heavy (non-hydrogen) atoms. The Morgan fingerprint density at radius 3 is 2.56 bits per heavy atom. The summed E-state index contributed by atoms with van der Waals surface area (Å²) in [5.41, 5.74) is 9.31. The maximum absolute atomic E-state index is 12.0. The number of nitrogens with two attached hydrogens (primary N) is 1. The van der Waals surface area contributed by atoms with Crippen LogP contribution in [0.1, 0.15) is 42.2 Å². The molecule has 1 unspecified atom stereocenters. The second-order valence-electron chi connectivity index (χ2n) is 7.86. The zero-order valence-corrected chi connectivity index (χ0v) is 20.8. The van der Waals surface area contributed by atoms with E-state index in [9.17, 15) is 14.4 Å². The Morgan fingerprint density at radius 2 is 1.94 bits per heavy atom. The summed E-state index contributed by atoms with van der Waals surface area (Å²) in [5, 5.41) is 6.07. The normalized spacial score (nSPS) is 11.8. The first kappa shape index (κ1) is 25.5. The molecule has 2 amide bonds. The Morgan fingerprint density at radius 1 is 1.24 bits per heavy atom. The summed E-state index contributed by atoms with van der Waals surface area (Å²) in [4.78, 5) is 40.1. The zero-order chi connectivity index (χ0) is 24.8. The molecule has 180 valence electrons. The van der Waals surface area contributed by atoms with Crippen LogP contribution in [0.25, 0.3) is 22.0 Å². The Kier molecular flexibility index (Phi) is 8.46. The number of hydrogen-bond acceptors (Lipinski definition) is 6. The van der Waals surface area contributed by atoms with Crippen LogP contribution in [0, 0.1) is 6.92 Å². The van der Waals surface area contributed by atoms with Gasteiger partial charge in [0.05, 0.1) is 24.1 Å². The third kappa shape index (κ3) is 6.03. The van der Waals surface area contributed by atoms with Gasteiger partial charge in [0.1, 0.15) is 11.0 Å². The standard InChI is InChI=1S/C24H27ClN4O4S/c1-14-18(22(26)31)12-21(20-13-34-23(28-20)16-7-9-17(25)10-8-16)29(14)11-5-4-6-19(24(32)33-3)27-15(2)30/h7-10,12-13,19H,4-6,11H2,1-3H3,(H2,26,31)(H,27,30). The van der Waals surface area contributed by atoms with Crippen molar-refractivity contribution in [3.05, 3.63) is 52.0 Å². The second-order valence-corrected chi connectivity index (χ2v) is 9.16. The van der Waals surface area contributed by atoms with Crippen molar-refractivity contribution in [2.45, 2.75) is 45.7 Å².